The zero-order valence-corrected chi connectivity index (χ0v) is 17.8. The molecule has 1 fully saturated rings. The van der Waals surface area contributed by atoms with Gasteiger partial charge < -0.3 is 9.84 Å². The quantitative estimate of drug-likeness (QED) is 0.562. The van der Waals surface area contributed by atoms with E-state index in [-0.39, 0.29) is 12.6 Å². The number of benzene rings is 2. The molecule has 30 heavy (non-hydrogen) atoms. The van der Waals surface area contributed by atoms with E-state index in [1.54, 1.807) is 0 Å². The molecule has 4 heteroatoms. The summed E-state index contributed by atoms with van der Waals surface area (Å²) in [5.74, 6) is 5.93. The minimum atomic E-state index is -0.495. The first-order valence-corrected chi connectivity index (χ1v) is 10.8. The third kappa shape index (κ3) is 5.95. The molecule has 0 saturated carbocycles. The molecule has 0 unspecified atom stereocenters. The maximum atomic E-state index is 13.0. The van der Waals surface area contributed by atoms with E-state index in [0.717, 1.165) is 31.5 Å². The van der Waals surface area contributed by atoms with Gasteiger partial charge in [0.25, 0.3) is 0 Å². The Morgan fingerprint density at radius 2 is 1.90 bits per heavy atom. The van der Waals surface area contributed by atoms with Gasteiger partial charge in [-0.25, -0.2) is 0 Å². The summed E-state index contributed by atoms with van der Waals surface area (Å²) in [5.41, 5.74) is 2.85. The average Bonchev–Trinajstić information content (AvgIpc) is 2.76. The number of hydrogen-bond acceptors (Lipinski definition) is 4. The van der Waals surface area contributed by atoms with Crippen molar-refractivity contribution >= 4 is 5.97 Å². The lowest BCUT2D eigenvalue weighted by molar-refractivity contribution is -0.159. The Labute approximate surface area is 179 Å². The molecule has 2 aromatic carbocycles. The molecule has 1 aliphatic rings. The largest absolute Gasteiger partial charge is 0.466 e. The summed E-state index contributed by atoms with van der Waals surface area (Å²) < 4.78 is 5.52. The normalized spacial score (nSPS) is 19.0. The Morgan fingerprint density at radius 3 is 2.60 bits per heavy atom. The molecule has 0 spiro atoms. The number of likely N-dealkylation sites (tertiary alicyclic amines) is 1. The fourth-order valence-electron chi connectivity index (χ4n) is 4.19. The number of aliphatic hydroxyl groups is 1. The molecule has 1 aliphatic heterocycles. The third-order valence-electron chi connectivity index (χ3n) is 5.58. The predicted octanol–water partition coefficient (Wildman–Crippen LogP) is 3.81. The molecule has 2 aromatic rings. The molecule has 3 rings (SSSR count). The molecule has 0 aromatic heterocycles. The highest BCUT2D eigenvalue weighted by Gasteiger charge is 2.43. The maximum absolute atomic E-state index is 13.0. The fourth-order valence-corrected chi connectivity index (χ4v) is 4.19. The van der Waals surface area contributed by atoms with Crippen molar-refractivity contribution in [2.45, 2.75) is 39.2 Å². The van der Waals surface area contributed by atoms with Crippen molar-refractivity contribution in [2.75, 3.05) is 26.3 Å². The van der Waals surface area contributed by atoms with E-state index < -0.39 is 5.41 Å². The first-order chi connectivity index (χ1) is 14.6. The minimum Gasteiger partial charge on any atom is -0.466 e. The summed E-state index contributed by atoms with van der Waals surface area (Å²) in [6, 6.07) is 18.5. The summed E-state index contributed by atoms with van der Waals surface area (Å²) in [4.78, 5) is 15.4. The number of hydrogen-bond donors (Lipinski definition) is 1. The SMILES string of the molecule is CCOC(=O)[C@@]1(Cc2ccccc2)CCCN(Cc2ccc(C#CCCO)cc2)C1. The summed E-state index contributed by atoms with van der Waals surface area (Å²) in [5, 5.41) is 8.84. The summed E-state index contributed by atoms with van der Waals surface area (Å²) >= 11 is 0. The molecular formula is C26H31NO3. The Hall–Kier alpha value is -2.61. The molecule has 0 radical (unpaired) electrons. The van der Waals surface area contributed by atoms with Crippen molar-refractivity contribution < 1.29 is 14.6 Å². The molecule has 1 N–H and O–H groups in total. The Bertz CT molecular complexity index is 867. The molecule has 1 heterocycles. The lowest BCUT2D eigenvalue weighted by atomic mass is 9.75. The van der Waals surface area contributed by atoms with Gasteiger partial charge in [-0.05, 0) is 56.0 Å². The van der Waals surface area contributed by atoms with Crippen LogP contribution in [0.5, 0.6) is 0 Å². The van der Waals surface area contributed by atoms with Crippen LogP contribution in [0.3, 0.4) is 0 Å². The standard InChI is InChI=1S/C26H31NO3/c1-2-30-25(29)26(19-23-10-4-3-5-11-23)16-8-17-27(21-26)20-24-14-12-22(13-15-24)9-6-7-18-28/h3-5,10-15,28H,2,7-8,16-21H2,1H3/t26-/m1/s1. The molecule has 4 nitrogen and oxygen atoms in total. The number of carbonyl (C=O) groups excluding carboxylic acids is 1. The molecule has 1 atom stereocenters. The predicted molar refractivity (Wildman–Crippen MR) is 119 cm³/mol. The van der Waals surface area contributed by atoms with Crippen molar-refractivity contribution in [2.24, 2.45) is 5.41 Å². The van der Waals surface area contributed by atoms with E-state index in [9.17, 15) is 4.79 Å². The monoisotopic (exact) mass is 405 g/mol. The van der Waals surface area contributed by atoms with Crippen LogP contribution in [0.1, 0.15) is 42.9 Å². The third-order valence-corrected chi connectivity index (χ3v) is 5.58. The Balaban J connectivity index is 1.72. The maximum Gasteiger partial charge on any atom is 0.313 e. The topological polar surface area (TPSA) is 49.8 Å². The van der Waals surface area contributed by atoms with Crippen LogP contribution in [0, 0.1) is 17.3 Å². The van der Waals surface area contributed by atoms with Crippen molar-refractivity contribution in [3.05, 3.63) is 71.3 Å². The van der Waals surface area contributed by atoms with Crippen LogP contribution < -0.4 is 0 Å². The van der Waals surface area contributed by atoms with E-state index >= 15 is 0 Å². The van der Waals surface area contributed by atoms with Crippen LogP contribution in [0.15, 0.2) is 54.6 Å². The van der Waals surface area contributed by atoms with Crippen LogP contribution in [-0.2, 0) is 22.5 Å². The number of rotatable bonds is 7. The van der Waals surface area contributed by atoms with Gasteiger partial charge >= 0.3 is 5.97 Å². The number of aliphatic hydroxyl groups excluding tert-OH is 1. The number of ether oxygens (including phenoxy) is 1. The number of nitrogens with zero attached hydrogens (tertiary/aromatic N) is 1. The van der Waals surface area contributed by atoms with Gasteiger partial charge in [-0.3, -0.25) is 9.69 Å². The number of esters is 1. The highest BCUT2D eigenvalue weighted by molar-refractivity contribution is 5.77. The summed E-state index contributed by atoms with van der Waals surface area (Å²) in [7, 11) is 0. The van der Waals surface area contributed by atoms with Gasteiger partial charge in [-0.1, -0.05) is 54.3 Å². The molecule has 158 valence electrons. The zero-order valence-electron chi connectivity index (χ0n) is 17.8. The highest BCUT2D eigenvalue weighted by atomic mass is 16.5. The first kappa shape index (κ1) is 22.1. The van der Waals surface area contributed by atoms with Crippen LogP contribution in [0.25, 0.3) is 0 Å². The molecule has 0 bridgehead atoms. The lowest BCUT2D eigenvalue weighted by Gasteiger charge is -2.41. The van der Waals surface area contributed by atoms with Crippen molar-refractivity contribution in [3.8, 4) is 11.8 Å². The second kappa shape index (κ2) is 11.0. The average molecular weight is 406 g/mol. The van der Waals surface area contributed by atoms with E-state index in [2.05, 4.69) is 41.0 Å². The van der Waals surface area contributed by atoms with Gasteiger partial charge in [0.15, 0.2) is 0 Å². The van der Waals surface area contributed by atoms with Gasteiger partial charge in [0.05, 0.1) is 18.6 Å². The minimum absolute atomic E-state index is 0.0759. The van der Waals surface area contributed by atoms with Crippen molar-refractivity contribution in [3.63, 3.8) is 0 Å². The van der Waals surface area contributed by atoms with Crippen LogP contribution >= 0.6 is 0 Å². The van der Waals surface area contributed by atoms with Gasteiger partial charge in [-0.2, -0.15) is 0 Å². The van der Waals surface area contributed by atoms with E-state index in [1.807, 2.05) is 37.3 Å². The zero-order chi connectivity index (χ0) is 21.2. The van der Waals surface area contributed by atoms with Gasteiger partial charge in [0.2, 0.25) is 0 Å². The van der Waals surface area contributed by atoms with E-state index in [4.69, 9.17) is 9.84 Å². The van der Waals surface area contributed by atoms with Gasteiger partial charge in [0, 0.05) is 25.1 Å². The van der Waals surface area contributed by atoms with E-state index in [1.165, 1.54) is 11.1 Å². The number of carbonyl (C=O) groups is 1. The molecule has 0 amide bonds. The Kier molecular flexibility index (Phi) is 8.07. The van der Waals surface area contributed by atoms with Crippen LogP contribution in [0.4, 0.5) is 0 Å². The van der Waals surface area contributed by atoms with E-state index in [0.29, 0.717) is 26.0 Å². The second-order valence-corrected chi connectivity index (χ2v) is 7.95. The van der Waals surface area contributed by atoms with Crippen molar-refractivity contribution in [1.82, 2.24) is 4.90 Å². The first-order valence-electron chi connectivity index (χ1n) is 10.8. The fraction of sp³-hybridized carbons (Fsp3) is 0.423. The van der Waals surface area contributed by atoms with Crippen molar-refractivity contribution in [1.29, 1.82) is 0 Å². The summed E-state index contributed by atoms with van der Waals surface area (Å²) in [6.45, 7) is 4.87. The summed E-state index contributed by atoms with van der Waals surface area (Å²) in [6.07, 6.45) is 3.04. The van der Waals surface area contributed by atoms with Gasteiger partial charge in [0.1, 0.15) is 0 Å². The van der Waals surface area contributed by atoms with Crippen LogP contribution in [0.2, 0.25) is 0 Å². The molecule has 1 saturated heterocycles. The van der Waals surface area contributed by atoms with Gasteiger partial charge in [-0.15, -0.1) is 0 Å². The van der Waals surface area contributed by atoms with Crippen LogP contribution in [-0.4, -0.2) is 42.3 Å². The second-order valence-electron chi connectivity index (χ2n) is 7.95. The number of piperidine rings is 1. The lowest BCUT2D eigenvalue weighted by Crippen LogP contribution is -2.49. The molecular weight excluding hydrogens is 374 g/mol. The Morgan fingerprint density at radius 1 is 1.13 bits per heavy atom. The highest BCUT2D eigenvalue weighted by Crippen LogP contribution is 2.36. The smallest absolute Gasteiger partial charge is 0.313 e. The molecule has 0 aliphatic carbocycles.